The molecule has 1 aromatic heterocycles. The number of fused-ring (bicyclic) bond motifs is 1. The number of hydrogen-bond donors (Lipinski definition) is 3. The van der Waals surface area contributed by atoms with E-state index in [1.807, 2.05) is 67.5 Å². The topological polar surface area (TPSA) is 76.3 Å². The van der Waals surface area contributed by atoms with Crippen LogP contribution in [-0.2, 0) is 0 Å². The summed E-state index contributed by atoms with van der Waals surface area (Å²) in [7, 11) is 6.10. The smallest absolute Gasteiger partial charge is 0.319 e. The molecule has 0 spiro atoms. The molecule has 29 heavy (non-hydrogen) atoms. The number of amides is 2. The molecule has 1 fully saturated rings. The number of benzene rings is 2. The average molecular weight is 393 g/mol. The standard InChI is InChI=1S/C22H28N6O/c1-27(2)17-10-8-15(9-11-17)23-22(29)24-16-12-13-28(3)20(14-16)21-25-18-6-4-5-7-19(18)26-21/h4-11,16,20H,12-14H2,1-3H3,(H,25,26)(H2,23,24,29)/t16-,20-/m1/s1. The predicted octanol–water partition coefficient (Wildman–Crippen LogP) is 3.59. The number of carbonyl (C=O) groups excluding carboxylic acids is 1. The third kappa shape index (κ3) is 4.35. The number of aromatic amines is 1. The Balaban J connectivity index is 1.39. The van der Waals surface area contributed by atoms with Crippen LogP contribution in [0.5, 0.6) is 0 Å². The summed E-state index contributed by atoms with van der Waals surface area (Å²) in [6.07, 6.45) is 1.74. The summed E-state index contributed by atoms with van der Waals surface area (Å²) in [4.78, 5) is 25.0. The van der Waals surface area contributed by atoms with E-state index in [1.165, 1.54) is 0 Å². The maximum absolute atomic E-state index is 12.5. The van der Waals surface area contributed by atoms with Crippen molar-refractivity contribution < 1.29 is 4.79 Å². The summed E-state index contributed by atoms with van der Waals surface area (Å²) in [6.45, 7) is 0.907. The lowest BCUT2D eigenvalue weighted by atomic mass is 9.97. The number of carbonyl (C=O) groups is 1. The van der Waals surface area contributed by atoms with Crippen molar-refractivity contribution in [1.82, 2.24) is 20.2 Å². The van der Waals surface area contributed by atoms with Crippen molar-refractivity contribution in [2.24, 2.45) is 0 Å². The van der Waals surface area contributed by atoms with Crippen molar-refractivity contribution in [2.75, 3.05) is 37.9 Å². The van der Waals surface area contributed by atoms with Crippen LogP contribution in [0.15, 0.2) is 48.5 Å². The van der Waals surface area contributed by atoms with Gasteiger partial charge in [0.1, 0.15) is 5.82 Å². The summed E-state index contributed by atoms with van der Waals surface area (Å²) in [5.74, 6) is 0.958. The van der Waals surface area contributed by atoms with E-state index in [-0.39, 0.29) is 18.1 Å². The van der Waals surface area contributed by atoms with Crippen LogP contribution in [0.3, 0.4) is 0 Å². The third-order valence-corrected chi connectivity index (χ3v) is 5.57. The number of likely N-dealkylation sites (tertiary alicyclic amines) is 1. The van der Waals surface area contributed by atoms with Crippen LogP contribution in [0.4, 0.5) is 16.2 Å². The third-order valence-electron chi connectivity index (χ3n) is 5.57. The maximum Gasteiger partial charge on any atom is 0.319 e. The summed E-state index contributed by atoms with van der Waals surface area (Å²) in [6, 6.07) is 16.0. The van der Waals surface area contributed by atoms with Crippen molar-refractivity contribution in [3.63, 3.8) is 0 Å². The van der Waals surface area contributed by atoms with Crippen molar-refractivity contribution in [3.8, 4) is 0 Å². The highest BCUT2D eigenvalue weighted by Crippen LogP contribution is 2.29. The van der Waals surface area contributed by atoms with Gasteiger partial charge in [0.2, 0.25) is 0 Å². The van der Waals surface area contributed by atoms with Crippen molar-refractivity contribution in [3.05, 3.63) is 54.4 Å². The van der Waals surface area contributed by atoms with Crippen molar-refractivity contribution in [2.45, 2.75) is 24.9 Å². The molecule has 1 aliphatic rings. The van der Waals surface area contributed by atoms with Gasteiger partial charge in [0.05, 0.1) is 17.1 Å². The largest absolute Gasteiger partial charge is 0.378 e. The summed E-state index contributed by atoms with van der Waals surface area (Å²) in [5.41, 5.74) is 3.91. The Morgan fingerprint density at radius 2 is 1.93 bits per heavy atom. The fourth-order valence-corrected chi connectivity index (χ4v) is 3.86. The fraction of sp³-hybridized carbons (Fsp3) is 0.364. The second-order valence-electron chi connectivity index (χ2n) is 7.90. The molecular formula is C22H28N6O. The van der Waals surface area contributed by atoms with Crippen LogP contribution in [0.2, 0.25) is 0 Å². The highest BCUT2D eigenvalue weighted by atomic mass is 16.2. The van der Waals surface area contributed by atoms with Gasteiger partial charge in [-0.2, -0.15) is 0 Å². The number of aromatic nitrogens is 2. The van der Waals surface area contributed by atoms with Crippen LogP contribution in [0, 0.1) is 0 Å². The average Bonchev–Trinajstić information content (AvgIpc) is 3.14. The molecule has 4 rings (SSSR count). The number of nitrogens with one attached hydrogen (secondary N) is 3. The first-order valence-electron chi connectivity index (χ1n) is 9.99. The SMILES string of the molecule is CN(C)c1ccc(NC(=O)N[C@@H]2CCN(C)[C@@H](c3nc4ccccc4[nH]3)C2)cc1. The molecule has 3 N–H and O–H groups in total. The lowest BCUT2D eigenvalue weighted by molar-refractivity contribution is 0.153. The van der Waals surface area contributed by atoms with E-state index >= 15 is 0 Å². The molecule has 0 saturated carbocycles. The van der Waals surface area contributed by atoms with Gasteiger partial charge in [-0.25, -0.2) is 9.78 Å². The predicted molar refractivity (Wildman–Crippen MR) is 117 cm³/mol. The van der Waals surface area contributed by atoms with Gasteiger partial charge in [-0.3, -0.25) is 4.90 Å². The number of urea groups is 1. The highest BCUT2D eigenvalue weighted by molar-refractivity contribution is 5.89. The Morgan fingerprint density at radius 3 is 2.66 bits per heavy atom. The lowest BCUT2D eigenvalue weighted by Crippen LogP contribution is -2.46. The molecule has 3 aromatic rings. The van der Waals surface area contributed by atoms with Gasteiger partial charge >= 0.3 is 6.03 Å². The van der Waals surface area contributed by atoms with E-state index in [2.05, 4.69) is 27.6 Å². The zero-order valence-electron chi connectivity index (χ0n) is 17.1. The minimum Gasteiger partial charge on any atom is -0.378 e. The molecule has 0 bridgehead atoms. The molecule has 0 aliphatic carbocycles. The summed E-state index contributed by atoms with van der Waals surface area (Å²) >= 11 is 0. The van der Waals surface area contributed by atoms with Gasteiger partial charge in [0.15, 0.2) is 0 Å². The zero-order chi connectivity index (χ0) is 20.4. The number of anilines is 2. The Morgan fingerprint density at radius 1 is 1.17 bits per heavy atom. The van der Waals surface area contributed by atoms with Gasteiger partial charge < -0.3 is 20.5 Å². The minimum atomic E-state index is -0.166. The van der Waals surface area contributed by atoms with E-state index < -0.39 is 0 Å². The van der Waals surface area contributed by atoms with Gasteiger partial charge in [-0.15, -0.1) is 0 Å². The molecule has 2 aromatic carbocycles. The number of piperidine rings is 1. The first-order chi connectivity index (χ1) is 14.0. The molecule has 2 heterocycles. The van der Waals surface area contributed by atoms with Gasteiger partial charge in [0.25, 0.3) is 0 Å². The number of rotatable bonds is 4. The molecule has 0 radical (unpaired) electrons. The quantitative estimate of drug-likeness (QED) is 0.634. The zero-order valence-corrected chi connectivity index (χ0v) is 17.1. The molecule has 0 unspecified atom stereocenters. The second-order valence-corrected chi connectivity index (χ2v) is 7.90. The number of hydrogen-bond acceptors (Lipinski definition) is 4. The Kier molecular flexibility index (Phi) is 5.40. The minimum absolute atomic E-state index is 0.102. The van der Waals surface area contributed by atoms with E-state index in [0.29, 0.717) is 0 Å². The Bertz CT molecular complexity index is 947. The lowest BCUT2D eigenvalue weighted by Gasteiger charge is -2.36. The highest BCUT2D eigenvalue weighted by Gasteiger charge is 2.30. The van der Waals surface area contributed by atoms with E-state index in [0.717, 1.165) is 47.6 Å². The summed E-state index contributed by atoms with van der Waals surface area (Å²) in [5, 5.41) is 6.07. The maximum atomic E-state index is 12.5. The molecular weight excluding hydrogens is 364 g/mol. The fourth-order valence-electron chi connectivity index (χ4n) is 3.86. The van der Waals surface area contributed by atoms with Gasteiger partial charge in [-0.05, 0) is 56.3 Å². The second kappa shape index (κ2) is 8.13. The molecule has 1 aliphatic heterocycles. The van der Waals surface area contributed by atoms with Crippen molar-refractivity contribution >= 4 is 28.4 Å². The Hall–Kier alpha value is -3.06. The van der Waals surface area contributed by atoms with Crippen LogP contribution in [0.1, 0.15) is 24.7 Å². The van der Waals surface area contributed by atoms with Crippen molar-refractivity contribution in [1.29, 1.82) is 0 Å². The number of H-pyrrole nitrogens is 1. The van der Waals surface area contributed by atoms with Crippen LogP contribution >= 0.6 is 0 Å². The molecule has 1 saturated heterocycles. The number of para-hydroxylation sites is 2. The van der Waals surface area contributed by atoms with E-state index in [1.54, 1.807) is 0 Å². The Labute approximate surface area is 171 Å². The molecule has 2 atom stereocenters. The first kappa shape index (κ1) is 19.3. The van der Waals surface area contributed by atoms with Crippen LogP contribution in [-0.4, -0.2) is 54.6 Å². The van der Waals surface area contributed by atoms with E-state index in [4.69, 9.17) is 4.98 Å². The van der Waals surface area contributed by atoms with Crippen LogP contribution < -0.4 is 15.5 Å². The number of imidazole rings is 1. The monoisotopic (exact) mass is 392 g/mol. The summed E-state index contributed by atoms with van der Waals surface area (Å²) < 4.78 is 0. The molecule has 152 valence electrons. The molecule has 7 heteroatoms. The normalized spacial score (nSPS) is 19.8. The van der Waals surface area contributed by atoms with E-state index in [9.17, 15) is 4.79 Å². The molecule has 7 nitrogen and oxygen atoms in total. The first-order valence-corrected chi connectivity index (χ1v) is 9.99. The van der Waals surface area contributed by atoms with Crippen LogP contribution in [0.25, 0.3) is 11.0 Å². The number of nitrogens with zero attached hydrogens (tertiary/aromatic N) is 3. The van der Waals surface area contributed by atoms with Gasteiger partial charge in [-0.1, -0.05) is 12.1 Å². The van der Waals surface area contributed by atoms with Gasteiger partial charge in [0, 0.05) is 38.1 Å². The molecule has 2 amide bonds.